The van der Waals surface area contributed by atoms with Crippen LogP contribution in [0.3, 0.4) is 0 Å². The van der Waals surface area contributed by atoms with Crippen LogP contribution in [0.15, 0.2) is 188 Å². The number of rotatable bonds is 2. The fourth-order valence-corrected chi connectivity index (χ4v) is 17.7. The first-order chi connectivity index (χ1) is 28.3. The molecule has 3 aliphatic rings. The Labute approximate surface area is 334 Å². The lowest BCUT2D eigenvalue weighted by Crippen LogP contribution is -2.78. The summed E-state index contributed by atoms with van der Waals surface area (Å²) >= 11 is 1.93. The molecule has 0 atom stereocenters. The first-order valence-electron chi connectivity index (χ1n) is 19.9. The summed E-state index contributed by atoms with van der Waals surface area (Å²) < 4.78 is 5.44. The van der Waals surface area contributed by atoms with Gasteiger partial charge in [0, 0.05) is 70.0 Å². The minimum atomic E-state index is -2.83. The van der Waals surface area contributed by atoms with Crippen LogP contribution in [0.1, 0.15) is 0 Å². The topological polar surface area (TPSA) is 8.17 Å². The van der Waals surface area contributed by atoms with Crippen molar-refractivity contribution in [3.8, 4) is 11.1 Å². The monoisotopic (exact) mass is 754 g/mol. The van der Waals surface area contributed by atoms with E-state index in [1.54, 1.807) is 0 Å². The van der Waals surface area contributed by atoms with Crippen molar-refractivity contribution in [2.75, 3.05) is 4.90 Å². The fourth-order valence-electron chi connectivity index (χ4n) is 11.4. The van der Waals surface area contributed by atoms with E-state index >= 15 is 0 Å². The molecule has 0 bridgehead atoms. The molecule has 0 aliphatic carbocycles. The van der Waals surface area contributed by atoms with Crippen molar-refractivity contribution in [2.24, 2.45) is 0 Å². The standard InChI is InChI=1S/C52H31BN2SSi/c1-3-16-33(17-4-1)57(34-18-5-2-6-19-34)45-27-12-10-25-41(45)54-42-31-44-47(38-21-9-11-26-43(38)56-44)48-39-23-13-22-36-37-30-29-32-15-7-8-20-35(32)50(37)55(51(36)39)53(49(42)48)40-24-14-28-46(57)52(40)54/h1-31H. The summed E-state index contributed by atoms with van der Waals surface area (Å²) in [7, 11) is -2.83. The number of aromatic nitrogens is 1. The van der Waals surface area contributed by atoms with Crippen LogP contribution < -0.4 is 36.6 Å². The van der Waals surface area contributed by atoms with Crippen LogP contribution in [-0.2, 0) is 0 Å². The highest BCUT2D eigenvalue weighted by molar-refractivity contribution is 7.26. The Kier molecular flexibility index (Phi) is 5.79. The van der Waals surface area contributed by atoms with Crippen LogP contribution in [0, 0.1) is 0 Å². The van der Waals surface area contributed by atoms with Crippen molar-refractivity contribution in [1.82, 2.24) is 4.48 Å². The zero-order chi connectivity index (χ0) is 37.0. The normalized spacial score (nSPS) is 14.4. The first kappa shape index (κ1) is 30.5. The van der Waals surface area contributed by atoms with Crippen LogP contribution >= 0.6 is 11.3 Å². The minimum Gasteiger partial charge on any atom is -0.375 e. The number of thiophene rings is 1. The van der Waals surface area contributed by atoms with Gasteiger partial charge in [-0.25, -0.2) is 0 Å². The maximum Gasteiger partial charge on any atom is 0.333 e. The van der Waals surface area contributed by atoms with E-state index in [1.807, 2.05) is 11.3 Å². The molecule has 14 rings (SSSR count). The molecule has 2 nitrogen and oxygen atoms in total. The Morgan fingerprint density at radius 3 is 1.98 bits per heavy atom. The van der Waals surface area contributed by atoms with E-state index in [0.717, 1.165) is 0 Å². The summed E-state index contributed by atoms with van der Waals surface area (Å²) in [6, 6.07) is 71.9. The van der Waals surface area contributed by atoms with E-state index < -0.39 is 8.07 Å². The predicted octanol–water partition coefficient (Wildman–Crippen LogP) is 9.42. The molecule has 0 spiro atoms. The molecule has 2 aromatic heterocycles. The summed E-state index contributed by atoms with van der Waals surface area (Å²) in [5, 5.41) is 13.7. The summed E-state index contributed by atoms with van der Waals surface area (Å²) in [5.41, 5.74) is 12.1. The number of para-hydroxylation sites is 3. The summed E-state index contributed by atoms with van der Waals surface area (Å²) in [6.45, 7) is -0.0338. The molecule has 0 unspecified atom stereocenters. The lowest BCUT2D eigenvalue weighted by molar-refractivity contribution is 1.27. The molecule has 0 fully saturated rings. The number of hydrogen-bond donors (Lipinski definition) is 0. The van der Waals surface area contributed by atoms with Gasteiger partial charge in [0.05, 0.1) is 0 Å². The summed E-state index contributed by atoms with van der Waals surface area (Å²) in [6.07, 6.45) is 0. The van der Waals surface area contributed by atoms with E-state index in [4.69, 9.17) is 0 Å². The largest absolute Gasteiger partial charge is 0.375 e. The third-order valence-electron chi connectivity index (χ3n) is 13.4. The van der Waals surface area contributed by atoms with Crippen molar-refractivity contribution in [1.29, 1.82) is 0 Å². The molecule has 262 valence electrons. The number of hydrogen-bond acceptors (Lipinski definition) is 2. The van der Waals surface area contributed by atoms with Crippen LogP contribution in [-0.4, -0.2) is 19.4 Å². The Balaban J connectivity index is 1.24. The average Bonchev–Trinajstić information content (AvgIpc) is 3.83. The number of benzene rings is 9. The van der Waals surface area contributed by atoms with Crippen LogP contribution in [0.2, 0.25) is 0 Å². The second kappa shape index (κ2) is 10.8. The quantitative estimate of drug-likeness (QED) is 0.160. The van der Waals surface area contributed by atoms with Gasteiger partial charge in [-0.2, -0.15) is 0 Å². The summed E-state index contributed by atoms with van der Waals surface area (Å²) in [5.74, 6) is 0. The molecule has 0 radical (unpaired) electrons. The SMILES string of the molecule is c1ccc([Si]2(c3ccccc3)c3ccccc3N3c4cc5sc6ccccc6c5c5c4B(c4cccc2c43)n2c3c-5cccc3c3ccc4ccccc4c32)cc1. The van der Waals surface area contributed by atoms with Crippen LogP contribution in [0.25, 0.3) is 63.9 Å². The Hall–Kier alpha value is -6.66. The maximum absolute atomic E-state index is 2.83. The Morgan fingerprint density at radius 1 is 0.474 bits per heavy atom. The number of nitrogens with zero attached hydrogens (tertiary/aromatic N) is 2. The highest BCUT2D eigenvalue weighted by Crippen LogP contribution is 2.51. The molecule has 0 N–H and O–H groups in total. The van der Waals surface area contributed by atoms with Crippen molar-refractivity contribution in [2.45, 2.75) is 0 Å². The van der Waals surface area contributed by atoms with Gasteiger partial charge >= 0.3 is 6.85 Å². The second-order valence-corrected chi connectivity index (χ2v) is 20.7. The molecule has 9 aromatic carbocycles. The van der Waals surface area contributed by atoms with Gasteiger partial charge in [-0.05, 0) is 60.8 Å². The van der Waals surface area contributed by atoms with E-state index in [9.17, 15) is 0 Å². The molecule has 0 amide bonds. The van der Waals surface area contributed by atoms with Crippen molar-refractivity contribution >= 4 is 128 Å². The van der Waals surface area contributed by atoms with Gasteiger partial charge in [-0.3, -0.25) is 0 Å². The highest BCUT2D eigenvalue weighted by atomic mass is 32.1. The number of fused-ring (bicyclic) bond motifs is 15. The van der Waals surface area contributed by atoms with Gasteiger partial charge in [0.25, 0.3) is 0 Å². The van der Waals surface area contributed by atoms with Gasteiger partial charge in [0.2, 0.25) is 0 Å². The second-order valence-electron chi connectivity index (χ2n) is 15.9. The highest BCUT2D eigenvalue weighted by Gasteiger charge is 2.53. The molecule has 5 heteroatoms. The van der Waals surface area contributed by atoms with Gasteiger partial charge in [0.1, 0.15) is 0 Å². The Morgan fingerprint density at radius 2 is 1.14 bits per heavy atom. The van der Waals surface area contributed by atoms with E-state index in [2.05, 4.69) is 197 Å². The lowest BCUT2D eigenvalue weighted by Gasteiger charge is -2.49. The zero-order valence-corrected chi connectivity index (χ0v) is 32.6. The van der Waals surface area contributed by atoms with Crippen molar-refractivity contribution in [3.63, 3.8) is 0 Å². The maximum atomic E-state index is 2.76. The summed E-state index contributed by atoms with van der Waals surface area (Å²) in [4.78, 5) is 2.69. The molecular formula is C52H31BN2SSi. The predicted molar refractivity (Wildman–Crippen MR) is 248 cm³/mol. The fraction of sp³-hybridized carbons (Fsp3) is 0. The molecule has 3 aliphatic heterocycles. The molecule has 5 heterocycles. The third-order valence-corrected chi connectivity index (χ3v) is 19.3. The van der Waals surface area contributed by atoms with E-state index in [-0.39, 0.29) is 6.85 Å². The lowest BCUT2D eigenvalue weighted by atomic mass is 9.45. The van der Waals surface area contributed by atoms with Crippen LogP contribution in [0.5, 0.6) is 0 Å². The molecule has 0 saturated heterocycles. The van der Waals surface area contributed by atoms with E-state index in [1.165, 1.54) is 113 Å². The van der Waals surface area contributed by atoms with Gasteiger partial charge in [-0.1, -0.05) is 170 Å². The number of anilines is 3. The van der Waals surface area contributed by atoms with E-state index in [0.29, 0.717) is 0 Å². The first-order valence-corrected chi connectivity index (χ1v) is 22.7. The van der Waals surface area contributed by atoms with Crippen molar-refractivity contribution < 1.29 is 0 Å². The van der Waals surface area contributed by atoms with Gasteiger partial charge in [0.15, 0.2) is 8.07 Å². The van der Waals surface area contributed by atoms with Gasteiger partial charge < -0.3 is 9.38 Å². The molecule has 11 aromatic rings. The van der Waals surface area contributed by atoms with Crippen LogP contribution in [0.4, 0.5) is 17.1 Å². The third kappa shape index (κ3) is 3.60. The smallest absolute Gasteiger partial charge is 0.333 e. The molecule has 57 heavy (non-hydrogen) atoms. The minimum absolute atomic E-state index is 0.0338. The van der Waals surface area contributed by atoms with Crippen molar-refractivity contribution in [3.05, 3.63) is 188 Å². The molecular weight excluding hydrogens is 724 g/mol. The molecule has 0 saturated carbocycles. The zero-order valence-electron chi connectivity index (χ0n) is 30.8. The van der Waals surface area contributed by atoms with Gasteiger partial charge in [-0.15, -0.1) is 11.3 Å². The Bertz CT molecular complexity index is 3510. The average molecular weight is 755 g/mol.